The summed E-state index contributed by atoms with van der Waals surface area (Å²) in [5.74, 6) is 0.292. The Morgan fingerprint density at radius 1 is 0.889 bits per heavy atom. The molecule has 0 heteroatoms. The number of aryl methyl sites for hydroxylation is 1. The molecule has 0 N–H and O–H groups in total. The Kier molecular flexibility index (Phi) is 9.58. The molecule has 1 aliphatic rings. The van der Waals surface area contributed by atoms with Gasteiger partial charge in [0.05, 0.1) is 0 Å². The van der Waals surface area contributed by atoms with Crippen molar-refractivity contribution in [2.24, 2.45) is 0 Å². The van der Waals surface area contributed by atoms with E-state index >= 15 is 0 Å². The van der Waals surface area contributed by atoms with Crippen molar-refractivity contribution in [2.75, 3.05) is 0 Å². The van der Waals surface area contributed by atoms with Gasteiger partial charge in [-0.3, -0.25) is 0 Å². The molecule has 2 aromatic rings. The van der Waals surface area contributed by atoms with Crippen LogP contribution in [0.5, 0.6) is 0 Å². The molecule has 0 heterocycles. The van der Waals surface area contributed by atoms with Gasteiger partial charge in [-0.05, 0) is 48.4 Å². The third-order valence-electron chi connectivity index (χ3n) is 4.78. The van der Waals surface area contributed by atoms with E-state index in [9.17, 15) is 0 Å². The molecule has 144 valence electrons. The second kappa shape index (κ2) is 11.4. The highest BCUT2D eigenvalue weighted by atomic mass is 14.3. The lowest BCUT2D eigenvalue weighted by atomic mass is 9.75. The highest BCUT2D eigenvalue weighted by molar-refractivity contribution is 5.61. The minimum absolute atomic E-state index is 0.292. The molecule has 2 aromatic carbocycles. The molecule has 0 nitrogen and oxygen atoms in total. The molecule has 0 amide bonds. The summed E-state index contributed by atoms with van der Waals surface area (Å²) >= 11 is 0. The fraction of sp³-hybridized carbons (Fsp3) is 0.333. The zero-order chi connectivity index (χ0) is 20.4. The summed E-state index contributed by atoms with van der Waals surface area (Å²) in [5.41, 5.74) is 8.99. The third kappa shape index (κ3) is 5.82. The summed E-state index contributed by atoms with van der Waals surface area (Å²) < 4.78 is 0. The third-order valence-corrected chi connectivity index (χ3v) is 4.78. The van der Waals surface area contributed by atoms with Crippen molar-refractivity contribution in [3.63, 3.8) is 0 Å². The van der Waals surface area contributed by atoms with Crippen LogP contribution in [0.1, 0.15) is 69.2 Å². The minimum Gasteiger partial charge on any atom is -0.0989 e. The zero-order valence-corrected chi connectivity index (χ0v) is 17.9. The van der Waals surface area contributed by atoms with Crippen LogP contribution in [-0.2, 0) is 12.8 Å². The normalized spacial score (nSPS) is 14.7. The molecule has 1 unspecified atom stereocenters. The Labute approximate surface area is 167 Å². The Hall–Kier alpha value is -2.34. The number of allylic oxidation sites excluding steroid dienone is 3. The molecule has 0 saturated heterocycles. The van der Waals surface area contributed by atoms with Gasteiger partial charge in [0.1, 0.15) is 0 Å². The summed E-state index contributed by atoms with van der Waals surface area (Å²) in [6.45, 7) is 22.8. The van der Waals surface area contributed by atoms with Gasteiger partial charge in [-0.25, -0.2) is 0 Å². The molecule has 1 aliphatic carbocycles. The predicted octanol–water partition coefficient (Wildman–Crippen LogP) is 8.16. The molecule has 0 saturated carbocycles. The van der Waals surface area contributed by atoms with Crippen LogP contribution in [0, 0.1) is 0 Å². The number of benzene rings is 2. The highest BCUT2D eigenvalue weighted by Gasteiger charge is 2.25. The predicted molar refractivity (Wildman–Crippen MR) is 123 cm³/mol. The Bertz CT molecular complexity index is 759. The van der Waals surface area contributed by atoms with Crippen molar-refractivity contribution in [1.82, 2.24) is 0 Å². The Morgan fingerprint density at radius 2 is 1.48 bits per heavy atom. The Morgan fingerprint density at radius 3 is 2.07 bits per heavy atom. The number of fused-ring (bicyclic) bond motifs is 1. The highest BCUT2D eigenvalue weighted by Crippen LogP contribution is 2.40. The van der Waals surface area contributed by atoms with Crippen molar-refractivity contribution in [2.45, 2.75) is 59.8 Å². The average Bonchev–Trinajstić information content (AvgIpc) is 2.71. The largest absolute Gasteiger partial charge is 0.0989 e. The van der Waals surface area contributed by atoms with E-state index in [1.165, 1.54) is 33.4 Å². The van der Waals surface area contributed by atoms with Crippen LogP contribution < -0.4 is 0 Å². The van der Waals surface area contributed by atoms with Gasteiger partial charge in [0.2, 0.25) is 0 Å². The molecule has 0 aromatic heterocycles. The topological polar surface area (TPSA) is 0 Å². The van der Waals surface area contributed by atoms with Crippen LogP contribution in [0.25, 0.3) is 5.57 Å². The first-order valence-corrected chi connectivity index (χ1v) is 10.2. The molecule has 27 heavy (non-hydrogen) atoms. The van der Waals surface area contributed by atoms with Crippen molar-refractivity contribution >= 4 is 5.57 Å². The van der Waals surface area contributed by atoms with Gasteiger partial charge < -0.3 is 0 Å². The summed E-state index contributed by atoms with van der Waals surface area (Å²) in [6.07, 6.45) is 3.07. The van der Waals surface area contributed by atoms with Crippen LogP contribution in [0.4, 0.5) is 0 Å². The van der Waals surface area contributed by atoms with E-state index in [1.807, 2.05) is 34.6 Å². The number of hydrogen-bond donors (Lipinski definition) is 0. The molecule has 0 radical (unpaired) electrons. The van der Waals surface area contributed by atoms with Crippen LogP contribution in [0.3, 0.4) is 0 Å². The smallest absolute Gasteiger partial charge is 0.0258 e. The van der Waals surface area contributed by atoms with Crippen molar-refractivity contribution in [3.8, 4) is 0 Å². The Balaban J connectivity index is 0.000000855. The summed E-state index contributed by atoms with van der Waals surface area (Å²) in [7, 11) is 0. The van der Waals surface area contributed by atoms with Crippen molar-refractivity contribution in [1.29, 1.82) is 0 Å². The SMILES string of the molecule is C=C(C)c1ccc(CC(=C)C2C(=C)CCc3ccccc32)cc1.CC.CC. The van der Waals surface area contributed by atoms with Gasteiger partial charge in [-0.2, -0.15) is 0 Å². The van der Waals surface area contributed by atoms with E-state index in [2.05, 4.69) is 68.3 Å². The fourth-order valence-corrected chi connectivity index (χ4v) is 3.48. The monoisotopic (exact) mass is 360 g/mol. The van der Waals surface area contributed by atoms with E-state index in [0.29, 0.717) is 5.92 Å². The van der Waals surface area contributed by atoms with Gasteiger partial charge in [0.25, 0.3) is 0 Å². The van der Waals surface area contributed by atoms with Crippen molar-refractivity contribution in [3.05, 3.63) is 102 Å². The average molecular weight is 361 g/mol. The lowest BCUT2D eigenvalue weighted by Gasteiger charge is -2.29. The van der Waals surface area contributed by atoms with Crippen LogP contribution in [0.2, 0.25) is 0 Å². The van der Waals surface area contributed by atoms with E-state index in [0.717, 1.165) is 24.8 Å². The molecule has 0 spiro atoms. The first-order valence-electron chi connectivity index (χ1n) is 10.2. The van der Waals surface area contributed by atoms with Crippen LogP contribution in [-0.4, -0.2) is 0 Å². The quantitative estimate of drug-likeness (QED) is 0.482. The van der Waals surface area contributed by atoms with Crippen LogP contribution >= 0.6 is 0 Å². The van der Waals surface area contributed by atoms with Gasteiger partial charge >= 0.3 is 0 Å². The molecule has 0 fully saturated rings. The zero-order valence-electron chi connectivity index (χ0n) is 17.9. The van der Waals surface area contributed by atoms with E-state index in [1.54, 1.807) is 0 Å². The first-order chi connectivity index (χ1) is 13.1. The second-order valence-electron chi connectivity index (χ2n) is 6.60. The fourth-order valence-electron chi connectivity index (χ4n) is 3.48. The standard InChI is InChI=1S/C23H24.2C2H6/c1-16(2)20-13-10-19(11-14-20)15-18(4)23-17(3)9-12-21-7-5-6-8-22(21)23;2*1-2/h5-8,10-11,13-14,23H,1,3-4,9,12,15H2,2H3;2*1-2H3. The van der Waals surface area contributed by atoms with Gasteiger partial charge in [0.15, 0.2) is 0 Å². The van der Waals surface area contributed by atoms with Gasteiger partial charge in [-0.15, -0.1) is 0 Å². The molecule has 0 aliphatic heterocycles. The van der Waals surface area contributed by atoms with Crippen molar-refractivity contribution < 1.29 is 0 Å². The molecule has 1 atom stereocenters. The maximum absolute atomic E-state index is 4.40. The van der Waals surface area contributed by atoms with Gasteiger partial charge in [0, 0.05) is 5.92 Å². The van der Waals surface area contributed by atoms with Crippen LogP contribution in [0.15, 0.2) is 79.4 Å². The second-order valence-corrected chi connectivity index (χ2v) is 6.60. The van der Waals surface area contributed by atoms with Gasteiger partial charge in [-0.1, -0.05) is 113 Å². The lowest BCUT2D eigenvalue weighted by molar-refractivity contribution is 0.746. The molecular formula is C27H36. The minimum atomic E-state index is 0.292. The first kappa shape index (κ1) is 22.7. The number of hydrogen-bond acceptors (Lipinski definition) is 0. The number of rotatable bonds is 4. The summed E-state index contributed by atoms with van der Waals surface area (Å²) in [6, 6.07) is 17.4. The molecule has 3 rings (SSSR count). The van der Waals surface area contributed by atoms with E-state index in [-0.39, 0.29) is 0 Å². The molecule has 0 bridgehead atoms. The summed E-state index contributed by atoms with van der Waals surface area (Å²) in [4.78, 5) is 0. The summed E-state index contributed by atoms with van der Waals surface area (Å²) in [5, 5.41) is 0. The lowest BCUT2D eigenvalue weighted by Crippen LogP contribution is -2.15. The van der Waals surface area contributed by atoms with E-state index < -0.39 is 0 Å². The maximum Gasteiger partial charge on any atom is 0.0258 e. The van der Waals surface area contributed by atoms with E-state index in [4.69, 9.17) is 0 Å². The molecular weight excluding hydrogens is 324 g/mol. The maximum atomic E-state index is 4.40.